The third kappa shape index (κ3) is 10.6. The number of sulfonamides is 1. The first-order valence-corrected chi connectivity index (χ1v) is 16.5. The predicted octanol–water partition coefficient (Wildman–Crippen LogP) is 5.85. The summed E-state index contributed by atoms with van der Waals surface area (Å²) < 4.78 is 66.2. The minimum atomic E-state index is -3.97. The predicted molar refractivity (Wildman–Crippen MR) is 174 cm³/mol. The second-order valence-electron chi connectivity index (χ2n) is 10.9. The van der Waals surface area contributed by atoms with Gasteiger partial charge < -0.3 is 19.7 Å². The molecule has 4 rings (SSSR count). The number of ether oxygens (including phenoxy) is 2. The van der Waals surface area contributed by atoms with Crippen LogP contribution in [0.15, 0.2) is 108 Å². The lowest BCUT2D eigenvalue weighted by molar-refractivity contribution is -0.143. The molecule has 0 fully saturated rings. The SMILES string of the molecule is CC(C)OCCCNC(=O)[C@H](c1ccccc1)N(Cc1ccc(F)cc1)C(=O)COc1ccc(S(=O)(=O)Nc2ccc(F)cc2)cc1. The third-order valence-corrected chi connectivity index (χ3v) is 8.32. The number of carbonyl (C=O) groups excluding carboxylic acids is 2. The first-order valence-electron chi connectivity index (χ1n) is 15.0. The molecule has 47 heavy (non-hydrogen) atoms. The van der Waals surface area contributed by atoms with Gasteiger partial charge in [-0.05, 0) is 92.1 Å². The normalized spacial score (nSPS) is 11.9. The molecular formula is C35H37F2N3O6S. The molecule has 1 atom stereocenters. The summed E-state index contributed by atoms with van der Waals surface area (Å²) in [7, 11) is -3.97. The molecule has 0 radical (unpaired) electrons. The summed E-state index contributed by atoms with van der Waals surface area (Å²) in [6, 6.07) is 23.7. The summed E-state index contributed by atoms with van der Waals surface area (Å²) >= 11 is 0. The van der Waals surface area contributed by atoms with Gasteiger partial charge in [0.2, 0.25) is 5.91 Å². The highest BCUT2D eigenvalue weighted by Crippen LogP contribution is 2.25. The quantitative estimate of drug-likeness (QED) is 0.145. The highest BCUT2D eigenvalue weighted by Gasteiger charge is 2.32. The Morgan fingerprint density at radius 1 is 0.830 bits per heavy atom. The molecule has 4 aromatic rings. The molecule has 248 valence electrons. The fraction of sp³-hybridized carbons (Fsp3) is 0.257. The lowest BCUT2D eigenvalue weighted by atomic mass is 10.0. The zero-order chi connectivity index (χ0) is 33.8. The van der Waals surface area contributed by atoms with Gasteiger partial charge in [0, 0.05) is 25.4 Å². The van der Waals surface area contributed by atoms with Gasteiger partial charge in [0.1, 0.15) is 23.4 Å². The second-order valence-corrected chi connectivity index (χ2v) is 12.6. The molecule has 0 bridgehead atoms. The molecular weight excluding hydrogens is 628 g/mol. The van der Waals surface area contributed by atoms with E-state index in [4.69, 9.17) is 9.47 Å². The number of amides is 2. The van der Waals surface area contributed by atoms with Crippen molar-refractivity contribution in [1.82, 2.24) is 10.2 Å². The average Bonchev–Trinajstić information content (AvgIpc) is 3.05. The summed E-state index contributed by atoms with van der Waals surface area (Å²) in [6.07, 6.45) is 0.635. The average molecular weight is 666 g/mol. The number of carbonyl (C=O) groups is 2. The van der Waals surface area contributed by atoms with Crippen LogP contribution in [-0.2, 0) is 30.9 Å². The molecule has 2 amide bonds. The minimum absolute atomic E-state index is 0.0157. The Kier molecular flexibility index (Phi) is 12.4. The molecule has 9 nitrogen and oxygen atoms in total. The molecule has 12 heteroatoms. The van der Waals surface area contributed by atoms with E-state index in [2.05, 4.69) is 10.0 Å². The van der Waals surface area contributed by atoms with Crippen LogP contribution in [0.25, 0.3) is 0 Å². The Morgan fingerprint density at radius 3 is 2.06 bits per heavy atom. The Bertz CT molecular complexity index is 1700. The van der Waals surface area contributed by atoms with Crippen LogP contribution < -0.4 is 14.8 Å². The van der Waals surface area contributed by atoms with Crippen LogP contribution in [0, 0.1) is 11.6 Å². The molecule has 0 aliphatic rings. The fourth-order valence-electron chi connectivity index (χ4n) is 4.59. The maximum Gasteiger partial charge on any atom is 0.261 e. The van der Waals surface area contributed by atoms with Crippen molar-refractivity contribution in [1.29, 1.82) is 0 Å². The lowest BCUT2D eigenvalue weighted by Crippen LogP contribution is -2.45. The van der Waals surface area contributed by atoms with Gasteiger partial charge in [-0.3, -0.25) is 14.3 Å². The van der Waals surface area contributed by atoms with E-state index < -0.39 is 46.1 Å². The van der Waals surface area contributed by atoms with Crippen molar-refractivity contribution >= 4 is 27.5 Å². The van der Waals surface area contributed by atoms with Gasteiger partial charge in [-0.2, -0.15) is 0 Å². The molecule has 0 aromatic heterocycles. The number of rotatable bonds is 16. The summed E-state index contributed by atoms with van der Waals surface area (Å²) in [4.78, 5) is 28.8. The van der Waals surface area contributed by atoms with Crippen LogP contribution >= 0.6 is 0 Å². The second kappa shape index (κ2) is 16.7. The molecule has 0 aliphatic heterocycles. The summed E-state index contributed by atoms with van der Waals surface area (Å²) in [6.45, 7) is 4.15. The molecule has 0 heterocycles. The Balaban J connectivity index is 1.51. The van der Waals surface area contributed by atoms with Gasteiger partial charge in [0.25, 0.3) is 15.9 Å². The van der Waals surface area contributed by atoms with Crippen LogP contribution in [0.2, 0.25) is 0 Å². The first kappa shape index (κ1) is 35.1. The topological polar surface area (TPSA) is 114 Å². The highest BCUT2D eigenvalue weighted by atomic mass is 32.2. The van der Waals surface area contributed by atoms with Crippen molar-refractivity contribution < 1.29 is 36.3 Å². The van der Waals surface area contributed by atoms with Crippen molar-refractivity contribution in [2.24, 2.45) is 0 Å². The summed E-state index contributed by atoms with van der Waals surface area (Å²) in [5, 5.41) is 2.90. The van der Waals surface area contributed by atoms with E-state index >= 15 is 0 Å². The van der Waals surface area contributed by atoms with Crippen molar-refractivity contribution in [2.75, 3.05) is 24.5 Å². The molecule has 0 spiro atoms. The van der Waals surface area contributed by atoms with Gasteiger partial charge in [-0.1, -0.05) is 42.5 Å². The van der Waals surface area contributed by atoms with Gasteiger partial charge in [0.05, 0.1) is 11.0 Å². The Morgan fingerprint density at radius 2 is 1.45 bits per heavy atom. The van der Waals surface area contributed by atoms with E-state index in [0.717, 1.165) is 12.1 Å². The Labute approximate surface area is 273 Å². The number of anilines is 1. The fourth-order valence-corrected chi connectivity index (χ4v) is 5.65. The highest BCUT2D eigenvalue weighted by molar-refractivity contribution is 7.92. The van der Waals surface area contributed by atoms with Crippen LogP contribution in [0.5, 0.6) is 5.75 Å². The van der Waals surface area contributed by atoms with E-state index in [1.165, 1.54) is 53.4 Å². The maximum absolute atomic E-state index is 13.8. The van der Waals surface area contributed by atoms with Gasteiger partial charge in [-0.25, -0.2) is 17.2 Å². The van der Waals surface area contributed by atoms with Gasteiger partial charge in [0.15, 0.2) is 6.61 Å². The van der Waals surface area contributed by atoms with E-state index in [0.29, 0.717) is 30.7 Å². The van der Waals surface area contributed by atoms with Crippen molar-refractivity contribution in [3.8, 4) is 5.75 Å². The number of halogens is 2. The number of hydrogen-bond donors (Lipinski definition) is 2. The number of benzene rings is 4. The summed E-state index contributed by atoms with van der Waals surface area (Å²) in [5.74, 6) is -1.65. The largest absolute Gasteiger partial charge is 0.484 e. The Hall–Kier alpha value is -4.81. The first-order chi connectivity index (χ1) is 22.5. The molecule has 0 aliphatic carbocycles. The number of nitrogens with zero attached hydrogens (tertiary/aromatic N) is 1. The minimum Gasteiger partial charge on any atom is -0.484 e. The molecule has 0 saturated carbocycles. The number of hydrogen-bond acceptors (Lipinski definition) is 6. The maximum atomic E-state index is 13.8. The van der Waals surface area contributed by atoms with E-state index in [1.807, 2.05) is 13.8 Å². The van der Waals surface area contributed by atoms with Crippen molar-refractivity contribution in [2.45, 2.75) is 43.9 Å². The zero-order valence-corrected chi connectivity index (χ0v) is 26.9. The third-order valence-electron chi connectivity index (χ3n) is 6.93. The lowest BCUT2D eigenvalue weighted by Gasteiger charge is -2.31. The van der Waals surface area contributed by atoms with Gasteiger partial charge >= 0.3 is 0 Å². The summed E-state index contributed by atoms with van der Waals surface area (Å²) in [5.41, 5.74) is 1.36. The molecule has 2 N–H and O–H groups in total. The van der Waals surface area contributed by atoms with Crippen LogP contribution in [-0.4, -0.2) is 51.0 Å². The zero-order valence-electron chi connectivity index (χ0n) is 26.1. The van der Waals surface area contributed by atoms with Crippen LogP contribution in [0.3, 0.4) is 0 Å². The standard InChI is InChI=1S/C35H37F2N3O6S/c1-25(2)45-22-6-21-38-35(42)34(27-7-4-3-5-8-27)40(23-26-9-11-28(36)12-10-26)33(41)24-46-31-17-19-32(20-18-31)47(43,44)39-30-15-13-29(37)14-16-30/h3-5,7-20,25,34,39H,6,21-24H2,1-2H3,(H,38,42)/t34-/m0/s1. The molecule has 0 unspecified atom stereocenters. The van der Waals surface area contributed by atoms with Crippen LogP contribution in [0.1, 0.15) is 37.4 Å². The molecule has 4 aromatic carbocycles. The van der Waals surface area contributed by atoms with E-state index in [-0.39, 0.29) is 29.0 Å². The molecule has 0 saturated heterocycles. The smallest absolute Gasteiger partial charge is 0.261 e. The number of nitrogens with one attached hydrogen (secondary N) is 2. The van der Waals surface area contributed by atoms with E-state index in [9.17, 15) is 26.8 Å². The van der Waals surface area contributed by atoms with Gasteiger partial charge in [-0.15, -0.1) is 0 Å². The van der Waals surface area contributed by atoms with E-state index in [1.54, 1.807) is 42.5 Å². The van der Waals surface area contributed by atoms with Crippen LogP contribution in [0.4, 0.5) is 14.5 Å². The monoisotopic (exact) mass is 665 g/mol. The van der Waals surface area contributed by atoms with Crippen molar-refractivity contribution in [3.63, 3.8) is 0 Å². The van der Waals surface area contributed by atoms with Crippen molar-refractivity contribution in [3.05, 3.63) is 126 Å².